The van der Waals surface area contributed by atoms with Gasteiger partial charge in [0.2, 0.25) is 5.91 Å². The van der Waals surface area contributed by atoms with E-state index in [9.17, 15) is 14.7 Å². The molecule has 1 atom stereocenters. The summed E-state index contributed by atoms with van der Waals surface area (Å²) in [4.78, 5) is 31.5. The van der Waals surface area contributed by atoms with Gasteiger partial charge in [-0.3, -0.25) is 9.59 Å². The molecular weight excluding hydrogens is 320 g/mol. The van der Waals surface area contributed by atoms with Crippen LogP contribution in [0.3, 0.4) is 0 Å². The Balaban J connectivity index is 1.88. The highest BCUT2D eigenvalue weighted by atomic mass is 16.3. The topological polar surface area (TPSA) is 87.5 Å². The molecule has 0 radical (unpaired) electrons. The molecule has 1 saturated heterocycles. The van der Waals surface area contributed by atoms with Crippen LogP contribution in [0.2, 0.25) is 0 Å². The quantitative estimate of drug-likeness (QED) is 0.812. The third-order valence-electron chi connectivity index (χ3n) is 4.40. The third-order valence-corrected chi connectivity index (χ3v) is 4.40. The van der Waals surface area contributed by atoms with E-state index in [4.69, 9.17) is 0 Å². The molecule has 0 spiro atoms. The lowest BCUT2D eigenvalue weighted by Crippen LogP contribution is -2.34. The van der Waals surface area contributed by atoms with Crippen LogP contribution in [-0.4, -0.2) is 46.3 Å². The Morgan fingerprint density at radius 3 is 2.76 bits per heavy atom. The van der Waals surface area contributed by atoms with Crippen LogP contribution in [0, 0.1) is 0 Å². The first kappa shape index (κ1) is 17.4. The van der Waals surface area contributed by atoms with Gasteiger partial charge in [-0.25, -0.2) is 4.98 Å². The predicted octanol–water partition coefficient (Wildman–Crippen LogP) is 0.884. The maximum Gasteiger partial charge on any atom is 0.294 e. The summed E-state index contributed by atoms with van der Waals surface area (Å²) in [6.07, 6.45) is 1.72. The van der Waals surface area contributed by atoms with E-state index in [2.05, 4.69) is 10.3 Å². The van der Waals surface area contributed by atoms with Crippen LogP contribution in [0.5, 0.6) is 0 Å². The van der Waals surface area contributed by atoms with Gasteiger partial charge in [-0.2, -0.15) is 0 Å². The number of aliphatic hydroxyl groups is 1. The molecule has 1 aliphatic rings. The number of carbonyl (C=O) groups excluding carboxylic acids is 1. The van der Waals surface area contributed by atoms with Crippen molar-refractivity contribution in [2.24, 2.45) is 0 Å². The maximum absolute atomic E-state index is 12.9. The summed E-state index contributed by atoms with van der Waals surface area (Å²) in [5.41, 5.74) is 1.34. The number of nitrogens with one attached hydrogen (secondary N) is 1. The number of para-hydroxylation sites is 2. The minimum absolute atomic E-state index is 0.149. The Labute approximate surface area is 146 Å². The molecule has 1 aromatic heterocycles. The molecule has 1 aromatic carbocycles. The normalized spacial score (nSPS) is 15.5. The molecule has 1 fully saturated rings. The molecule has 0 saturated carbocycles. The van der Waals surface area contributed by atoms with Crippen LogP contribution in [0.4, 0.5) is 5.82 Å². The van der Waals surface area contributed by atoms with Crippen molar-refractivity contribution in [2.45, 2.75) is 38.8 Å². The highest BCUT2D eigenvalue weighted by Crippen LogP contribution is 2.18. The van der Waals surface area contributed by atoms with Gasteiger partial charge in [0.25, 0.3) is 5.56 Å². The number of hydrogen-bond acceptors (Lipinski definition) is 5. The Kier molecular flexibility index (Phi) is 5.33. The summed E-state index contributed by atoms with van der Waals surface area (Å²) in [5.74, 6) is 0.289. The average molecular weight is 344 g/mol. The molecule has 1 amide bonds. The molecule has 2 heterocycles. The summed E-state index contributed by atoms with van der Waals surface area (Å²) in [5, 5.41) is 11.9. The molecule has 0 bridgehead atoms. The smallest absolute Gasteiger partial charge is 0.294 e. The lowest BCUT2D eigenvalue weighted by atomic mass is 10.2. The number of carbonyl (C=O) groups is 1. The van der Waals surface area contributed by atoms with E-state index in [1.165, 1.54) is 0 Å². The Morgan fingerprint density at radius 2 is 2.04 bits per heavy atom. The average Bonchev–Trinajstić information content (AvgIpc) is 3.13. The fourth-order valence-corrected chi connectivity index (χ4v) is 3.10. The van der Waals surface area contributed by atoms with Crippen molar-refractivity contribution in [1.82, 2.24) is 14.9 Å². The molecule has 2 aromatic rings. The Hall–Kier alpha value is -2.41. The molecule has 7 heteroatoms. The molecule has 7 nitrogen and oxygen atoms in total. The molecule has 1 aliphatic heterocycles. The summed E-state index contributed by atoms with van der Waals surface area (Å²) in [6.45, 7) is 3.80. The van der Waals surface area contributed by atoms with Gasteiger partial charge in [0.15, 0.2) is 5.82 Å². The first-order chi connectivity index (χ1) is 12.1. The first-order valence-corrected chi connectivity index (χ1v) is 8.75. The van der Waals surface area contributed by atoms with Gasteiger partial charge >= 0.3 is 0 Å². The van der Waals surface area contributed by atoms with Gasteiger partial charge in [0.1, 0.15) is 0 Å². The highest BCUT2D eigenvalue weighted by Gasteiger charge is 2.20. The second kappa shape index (κ2) is 7.65. The van der Waals surface area contributed by atoms with Gasteiger partial charge in [-0.1, -0.05) is 12.1 Å². The number of aliphatic hydroxyl groups excluding tert-OH is 1. The largest absolute Gasteiger partial charge is 0.392 e. The number of anilines is 1. The van der Waals surface area contributed by atoms with E-state index in [0.29, 0.717) is 5.82 Å². The fraction of sp³-hybridized carbons (Fsp3) is 0.500. The summed E-state index contributed by atoms with van der Waals surface area (Å²) < 4.78 is 1.64. The molecule has 1 unspecified atom stereocenters. The number of benzene rings is 1. The van der Waals surface area contributed by atoms with E-state index in [0.717, 1.165) is 37.0 Å². The van der Waals surface area contributed by atoms with Crippen LogP contribution in [0.25, 0.3) is 11.0 Å². The second-order valence-electron chi connectivity index (χ2n) is 6.48. The van der Waals surface area contributed by atoms with E-state index in [1.54, 1.807) is 11.5 Å². The zero-order chi connectivity index (χ0) is 17.8. The van der Waals surface area contributed by atoms with Crippen molar-refractivity contribution in [3.05, 3.63) is 34.6 Å². The SMILES string of the molecule is CC(O)CNC(=O)CCn1c(=O)c(N2CCCC2)nc2ccccc21. The van der Waals surface area contributed by atoms with Crippen molar-refractivity contribution in [2.75, 3.05) is 24.5 Å². The lowest BCUT2D eigenvalue weighted by Gasteiger charge is -2.19. The number of aryl methyl sites for hydroxylation is 1. The predicted molar refractivity (Wildman–Crippen MR) is 96.8 cm³/mol. The third kappa shape index (κ3) is 3.99. The Bertz CT molecular complexity index is 810. The van der Waals surface area contributed by atoms with Gasteiger partial charge in [0.05, 0.1) is 17.1 Å². The van der Waals surface area contributed by atoms with Crippen LogP contribution in [-0.2, 0) is 11.3 Å². The number of rotatable bonds is 6. The van der Waals surface area contributed by atoms with Crippen molar-refractivity contribution in [1.29, 1.82) is 0 Å². The van der Waals surface area contributed by atoms with Gasteiger partial charge in [0, 0.05) is 32.6 Å². The van der Waals surface area contributed by atoms with Crippen LogP contribution in [0.1, 0.15) is 26.2 Å². The Morgan fingerprint density at radius 1 is 1.32 bits per heavy atom. The van der Waals surface area contributed by atoms with Crippen molar-refractivity contribution in [3.8, 4) is 0 Å². The zero-order valence-corrected chi connectivity index (χ0v) is 14.4. The monoisotopic (exact) mass is 344 g/mol. The van der Waals surface area contributed by atoms with E-state index in [1.807, 2.05) is 29.2 Å². The molecular formula is C18H24N4O3. The number of fused-ring (bicyclic) bond motifs is 1. The van der Waals surface area contributed by atoms with Crippen molar-refractivity contribution < 1.29 is 9.90 Å². The molecule has 3 rings (SSSR count). The van der Waals surface area contributed by atoms with Crippen LogP contribution >= 0.6 is 0 Å². The highest BCUT2D eigenvalue weighted by molar-refractivity contribution is 5.78. The molecule has 25 heavy (non-hydrogen) atoms. The minimum atomic E-state index is -0.588. The summed E-state index contributed by atoms with van der Waals surface area (Å²) >= 11 is 0. The zero-order valence-electron chi connectivity index (χ0n) is 14.4. The maximum atomic E-state index is 12.9. The van der Waals surface area contributed by atoms with E-state index in [-0.39, 0.29) is 31.0 Å². The molecule has 0 aliphatic carbocycles. The summed E-state index contributed by atoms with van der Waals surface area (Å²) in [7, 11) is 0. The van der Waals surface area contributed by atoms with Crippen molar-refractivity contribution in [3.63, 3.8) is 0 Å². The first-order valence-electron chi connectivity index (χ1n) is 8.75. The molecule has 134 valence electrons. The second-order valence-corrected chi connectivity index (χ2v) is 6.48. The van der Waals surface area contributed by atoms with Gasteiger partial charge < -0.3 is 19.9 Å². The van der Waals surface area contributed by atoms with Gasteiger partial charge in [-0.05, 0) is 31.9 Å². The van der Waals surface area contributed by atoms with E-state index < -0.39 is 6.10 Å². The van der Waals surface area contributed by atoms with E-state index >= 15 is 0 Å². The minimum Gasteiger partial charge on any atom is -0.392 e. The number of aromatic nitrogens is 2. The van der Waals surface area contributed by atoms with Crippen LogP contribution in [0.15, 0.2) is 29.1 Å². The number of amides is 1. The fourth-order valence-electron chi connectivity index (χ4n) is 3.10. The molecule has 2 N–H and O–H groups in total. The standard InChI is InChI=1S/C18H24N4O3/c1-13(23)12-19-16(24)8-11-22-15-7-3-2-6-14(15)20-17(18(22)25)21-9-4-5-10-21/h2-3,6-7,13,23H,4-5,8-12H2,1H3,(H,19,24). The van der Waals surface area contributed by atoms with Crippen LogP contribution < -0.4 is 15.8 Å². The lowest BCUT2D eigenvalue weighted by molar-refractivity contribution is -0.121. The summed E-state index contributed by atoms with van der Waals surface area (Å²) in [6, 6.07) is 7.50. The van der Waals surface area contributed by atoms with Crippen molar-refractivity contribution >= 4 is 22.8 Å². The number of hydrogen-bond donors (Lipinski definition) is 2. The number of nitrogens with zero attached hydrogens (tertiary/aromatic N) is 3. The van der Waals surface area contributed by atoms with Gasteiger partial charge in [-0.15, -0.1) is 0 Å².